The molecule has 39 heavy (non-hydrogen) atoms. The highest BCUT2D eigenvalue weighted by atomic mass is 32.1. The van der Waals surface area contributed by atoms with Gasteiger partial charge in [-0.3, -0.25) is 9.36 Å². The highest BCUT2D eigenvalue weighted by Crippen LogP contribution is 2.38. The lowest BCUT2D eigenvalue weighted by atomic mass is 9.94. The smallest absolute Gasteiger partial charge is 0.338 e. The number of rotatable bonds is 9. The summed E-state index contributed by atoms with van der Waals surface area (Å²) in [7, 11) is 4.53. The van der Waals surface area contributed by atoms with E-state index >= 15 is 0 Å². The predicted octanol–water partition coefficient (Wildman–Crippen LogP) is 3.26. The molecule has 0 saturated carbocycles. The van der Waals surface area contributed by atoms with E-state index in [0.717, 1.165) is 0 Å². The Morgan fingerprint density at radius 1 is 1.15 bits per heavy atom. The fraction of sp³-hybridized carbons (Fsp3) is 0.276. The number of hydrogen-bond acceptors (Lipinski definition) is 9. The molecule has 0 amide bonds. The van der Waals surface area contributed by atoms with Gasteiger partial charge in [-0.05, 0) is 62.2 Å². The molecule has 0 spiro atoms. The van der Waals surface area contributed by atoms with Gasteiger partial charge < -0.3 is 24.1 Å². The van der Waals surface area contributed by atoms with Gasteiger partial charge in [0.1, 0.15) is 17.5 Å². The minimum Gasteiger partial charge on any atom is -0.504 e. The number of aromatic hydroxyl groups is 1. The maximum atomic E-state index is 14.0. The molecular formula is C29H30N2O7S. The third-order valence-corrected chi connectivity index (χ3v) is 7.29. The van der Waals surface area contributed by atoms with E-state index < -0.39 is 12.0 Å². The zero-order valence-corrected chi connectivity index (χ0v) is 23.3. The Balaban J connectivity index is 2.01. The molecule has 1 N–H and O–H groups in total. The molecule has 204 valence electrons. The molecule has 0 bridgehead atoms. The molecule has 1 aromatic heterocycles. The molecule has 0 unspecified atom stereocenters. The topological polar surface area (TPSA) is 109 Å². The monoisotopic (exact) mass is 550 g/mol. The Hall–Kier alpha value is -4.31. The Morgan fingerprint density at radius 3 is 2.54 bits per heavy atom. The van der Waals surface area contributed by atoms with Crippen molar-refractivity contribution in [1.29, 1.82) is 0 Å². The molecule has 0 fully saturated rings. The largest absolute Gasteiger partial charge is 0.504 e. The third-order valence-electron chi connectivity index (χ3n) is 6.31. The highest BCUT2D eigenvalue weighted by molar-refractivity contribution is 7.07. The molecule has 4 rings (SSSR count). The van der Waals surface area contributed by atoms with Crippen molar-refractivity contribution in [2.75, 3.05) is 27.9 Å². The van der Waals surface area contributed by atoms with Gasteiger partial charge in [0.15, 0.2) is 16.3 Å². The molecule has 2 aromatic carbocycles. The van der Waals surface area contributed by atoms with E-state index in [1.807, 2.05) is 0 Å². The summed E-state index contributed by atoms with van der Waals surface area (Å²) in [4.78, 5) is 32.2. The first-order valence-electron chi connectivity index (χ1n) is 12.2. The molecule has 9 nitrogen and oxygen atoms in total. The van der Waals surface area contributed by atoms with Crippen LogP contribution >= 0.6 is 11.3 Å². The second kappa shape index (κ2) is 11.6. The second-order valence-electron chi connectivity index (χ2n) is 8.63. The molecule has 0 saturated heterocycles. The molecule has 3 aromatic rings. The van der Waals surface area contributed by atoms with Gasteiger partial charge in [-0.1, -0.05) is 17.4 Å². The summed E-state index contributed by atoms with van der Waals surface area (Å²) in [5, 5.41) is 10.5. The molecule has 0 aliphatic carbocycles. The summed E-state index contributed by atoms with van der Waals surface area (Å²) >= 11 is 1.19. The summed E-state index contributed by atoms with van der Waals surface area (Å²) in [6.45, 7) is 7.34. The molecule has 1 atom stereocenters. The zero-order chi connectivity index (χ0) is 28.3. The van der Waals surface area contributed by atoms with Crippen LogP contribution in [0.25, 0.3) is 6.08 Å². The van der Waals surface area contributed by atoms with Crippen LogP contribution in [-0.4, -0.2) is 43.6 Å². The van der Waals surface area contributed by atoms with Gasteiger partial charge in [-0.2, -0.15) is 0 Å². The van der Waals surface area contributed by atoms with Crippen LogP contribution in [0.4, 0.5) is 0 Å². The lowest BCUT2D eigenvalue weighted by Crippen LogP contribution is -2.40. The molecule has 0 radical (unpaired) electrons. The normalized spacial score (nSPS) is 14.9. The predicted molar refractivity (Wildman–Crippen MR) is 149 cm³/mol. The molecular weight excluding hydrogens is 520 g/mol. The van der Waals surface area contributed by atoms with Crippen LogP contribution in [0.15, 0.2) is 64.0 Å². The van der Waals surface area contributed by atoms with Gasteiger partial charge in [0, 0.05) is 11.1 Å². The number of phenolic OH excluding ortho intramolecular Hbond substituents is 1. The molecule has 10 heteroatoms. The summed E-state index contributed by atoms with van der Waals surface area (Å²) in [5.41, 5.74) is 2.16. The number of methoxy groups -OCH3 is 3. The van der Waals surface area contributed by atoms with Crippen molar-refractivity contribution in [1.82, 2.24) is 4.57 Å². The molecule has 1 aliphatic heterocycles. The average molecular weight is 551 g/mol. The first-order valence-corrected chi connectivity index (χ1v) is 13.0. The van der Waals surface area contributed by atoms with Gasteiger partial charge in [0.05, 0.1) is 43.7 Å². The van der Waals surface area contributed by atoms with E-state index in [9.17, 15) is 14.7 Å². The zero-order valence-electron chi connectivity index (χ0n) is 22.4. The van der Waals surface area contributed by atoms with Gasteiger partial charge in [0.2, 0.25) is 0 Å². The minimum atomic E-state index is -0.863. The van der Waals surface area contributed by atoms with Crippen molar-refractivity contribution in [3.05, 3.63) is 90.6 Å². The van der Waals surface area contributed by atoms with Crippen LogP contribution in [0.3, 0.4) is 0 Å². The number of allylic oxidation sites excluding steroid dienone is 2. The van der Waals surface area contributed by atoms with Crippen LogP contribution in [-0.2, 0) is 16.0 Å². The Kier molecular flexibility index (Phi) is 8.25. The van der Waals surface area contributed by atoms with Crippen LogP contribution in [0.2, 0.25) is 0 Å². The fourth-order valence-corrected chi connectivity index (χ4v) is 5.58. The first kappa shape index (κ1) is 27.7. The summed E-state index contributed by atoms with van der Waals surface area (Å²) in [5.74, 6) is 0.754. The first-order chi connectivity index (χ1) is 18.8. The van der Waals surface area contributed by atoms with Gasteiger partial charge in [-0.15, -0.1) is 6.58 Å². The lowest BCUT2D eigenvalue weighted by Gasteiger charge is -2.26. The van der Waals surface area contributed by atoms with Crippen molar-refractivity contribution in [3.63, 3.8) is 0 Å². The molecule has 1 aliphatic rings. The number of hydrogen-bond donors (Lipinski definition) is 1. The lowest BCUT2D eigenvalue weighted by molar-refractivity contribution is -0.139. The van der Waals surface area contributed by atoms with Crippen LogP contribution < -0.4 is 29.1 Å². The van der Waals surface area contributed by atoms with Crippen molar-refractivity contribution >= 4 is 23.4 Å². The maximum absolute atomic E-state index is 14.0. The van der Waals surface area contributed by atoms with Crippen LogP contribution in [0.1, 0.15) is 36.6 Å². The van der Waals surface area contributed by atoms with Gasteiger partial charge >= 0.3 is 5.97 Å². The Morgan fingerprint density at radius 2 is 1.90 bits per heavy atom. The third kappa shape index (κ3) is 5.20. The van der Waals surface area contributed by atoms with Crippen LogP contribution in [0, 0.1) is 0 Å². The number of benzene rings is 2. The maximum Gasteiger partial charge on any atom is 0.338 e. The SMILES string of the molecule is C=CCc1cc(C=c2sc3n(c2=O)[C@H](c2cc(OC)ccc2OC)C(C(=O)OCC)=C(C)N=3)cc(OC)c1O. The molecule has 2 heterocycles. The van der Waals surface area contributed by atoms with Crippen molar-refractivity contribution in [2.45, 2.75) is 26.3 Å². The van der Waals surface area contributed by atoms with Gasteiger partial charge in [-0.25, -0.2) is 9.79 Å². The van der Waals surface area contributed by atoms with Crippen molar-refractivity contribution in [3.8, 4) is 23.0 Å². The van der Waals surface area contributed by atoms with Crippen LogP contribution in [0.5, 0.6) is 23.0 Å². The highest BCUT2D eigenvalue weighted by Gasteiger charge is 2.35. The number of aromatic nitrogens is 1. The summed E-state index contributed by atoms with van der Waals surface area (Å²) in [6, 6.07) is 7.77. The summed E-state index contributed by atoms with van der Waals surface area (Å²) < 4.78 is 23.6. The quantitative estimate of drug-likeness (QED) is 0.322. The summed E-state index contributed by atoms with van der Waals surface area (Å²) in [6.07, 6.45) is 3.80. The Bertz CT molecular complexity index is 1650. The van der Waals surface area contributed by atoms with Crippen molar-refractivity contribution in [2.24, 2.45) is 4.99 Å². The van der Waals surface area contributed by atoms with E-state index in [4.69, 9.17) is 18.9 Å². The number of esters is 1. The van der Waals surface area contributed by atoms with Gasteiger partial charge in [0.25, 0.3) is 5.56 Å². The fourth-order valence-electron chi connectivity index (χ4n) is 4.53. The second-order valence-corrected chi connectivity index (χ2v) is 9.64. The number of fused-ring (bicyclic) bond motifs is 1. The number of carbonyl (C=O) groups is 1. The Labute approximate surface area is 229 Å². The number of carbonyl (C=O) groups excluding carboxylic acids is 1. The van der Waals surface area contributed by atoms with E-state index in [0.29, 0.717) is 49.6 Å². The van der Waals surface area contributed by atoms with E-state index in [1.54, 1.807) is 56.3 Å². The van der Waals surface area contributed by atoms with E-state index in [1.165, 1.54) is 37.2 Å². The average Bonchev–Trinajstić information content (AvgIpc) is 3.23. The number of ether oxygens (including phenoxy) is 4. The number of phenols is 1. The van der Waals surface area contributed by atoms with Crippen molar-refractivity contribution < 1.29 is 28.8 Å². The van der Waals surface area contributed by atoms with E-state index in [2.05, 4.69) is 11.6 Å². The number of nitrogens with zero attached hydrogens (tertiary/aromatic N) is 2. The minimum absolute atomic E-state index is 0.0239. The van der Waals surface area contributed by atoms with E-state index in [-0.39, 0.29) is 29.2 Å². The number of thiazole rings is 1. The standard InChI is InChI=1S/C29H30N2O7S/c1-7-9-18-12-17(13-22(37-6)26(18)32)14-23-27(33)31-25(20-15-19(35-4)10-11-21(20)36-5)24(28(34)38-8-2)16(3)30-29(31)39-23/h7,10-15,25,32H,1,8-9H2,2-6H3/t25-/m1/s1.